The molecular formula is C41H53FO10. The number of esters is 1. The number of carboxylic acid groups (broad SMARTS) is 1. The molecule has 12 atom stereocenters. The van der Waals surface area contributed by atoms with Gasteiger partial charge in [-0.3, -0.25) is 4.79 Å². The fourth-order valence-corrected chi connectivity index (χ4v) is 8.58. The van der Waals surface area contributed by atoms with Crippen molar-refractivity contribution < 1.29 is 53.0 Å². The van der Waals surface area contributed by atoms with Crippen molar-refractivity contribution in [2.75, 3.05) is 6.61 Å². The van der Waals surface area contributed by atoms with E-state index in [0.29, 0.717) is 48.7 Å². The van der Waals surface area contributed by atoms with Crippen LogP contribution in [0.5, 0.6) is 5.75 Å². The summed E-state index contributed by atoms with van der Waals surface area (Å²) in [4.78, 5) is 26.1. The van der Waals surface area contributed by atoms with E-state index < -0.39 is 65.0 Å². The molecule has 11 heteroatoms. The van der Waals surface area contributed by atoms with Gasteiger partial charge in [0.2, 0.25) is 0 Å². The molecule has 3 saturated heterocycles. The zero-order valence-corrected chi connectivity index (χ0v) is 30.9. The van der Waals surface area contributed by atoms with Crippen LogP contribution in [0.15, 0.2) is 65.3 Å². The van der Waals surface area contributed by atoms with Gasteiger partial charge in [-0.25, -0.2) is 9.18 Å². The number of aromatic carboxylic acids is 1. The number of aliphatic hydroxyl groups is 2. The third kappa shape index (κ3) is 7.40. The third-order valence-electron chi connectivity index (χ3n) is 11.9. The number of allylic oxidation sites excluding steroid dienone is 2. The summed E-state index contributed by atoms with van der Waals surface area (Å²) in [6.07, 6.45) is 8.95. The van der Waals surface area contributed by atoms with Gasteiger partial charge in [0, 0.05) is 25.2 Å². The summed E-state index contributed by atoms with van der Waals surface area (Å²) in [5.74, 6) is -4.64. The van der Waals surface area contributed by atoms with Gasteiger partial charge in [-0.2, -0.15) is 0 Å². The number of carbonyl (C=O) groups excluding carboxylic acids is 1. The standard InChI is InChI=1S/C41H53FO10/c1-7-22(2)35-25(5)15-16-40(52-35)20-30-18-29(51-40)12-11-24(4)34(43)23(3)9-8-10-27-21-48-37-36(26(6)17-32(39(46)50-30)41(27,37)47)49-28-13-14-33(42)31(19-28)38(44)45/h8-11,13-14,17,19,22-23,25,29-30,32,34-37,43,47H,7,12,15-16,18,20-21H2,1-6H3,(H,44,45)/b9-8+,24-11+,27-10+/t22-,23-,25-,29?,30?,32?,34-,35?,36-,37+,40+,41+/m0/s1. The predicted molar refractivity (Wildman–Crippen MR) is 190 cm³/mol. The number of rotatable bonds is 5. The number of halogens is 1. The molecule has 1 aromatic rings. The summed E-state index contributed by atoms with van der Waals surface area (Å²) in [5.41, 5.74) is -0.687. The SMILES string of the molecule is CC[C@H](C)C1O[C@]2(CC[C@@H]1C)CC1CC(C/C=C(\C)[C@@H](O)[C@@H](C)/C=C/C=C3\CO[C@@H]4[C@@H](Oc5ccc(F)c(C(=O)O)c5)C(C)=CC(C(=O)O1)[C@]34O)O2. The molecule has 1 aliphatic carbocycles. The minimum Gasteiger partial charge on any atom is -0.483 e. The molecule has 4 aliphatic heterocycles. The Bertz CT molecular complexity index is 1650. The molecule has 284 valence electrons. The quantitative estimate of drug-likeness (QED) is 0.229. The fraction of sp³-hybridized carbons (Fsp3) is 0.610. The lowest BCUT2D eigenvalue weighted by Crippen LogP contribution is -2.59. The highest BCUT2D eigenvalue weighted by molar-refractivity contribution is 5.88. The Hall–Kier alpha value is -3.35. The molecule has 0 aromatic heterocycles. The van der Waals surface area contributed by atoms with Crippen LogP contribution in [0.25, 0.3) is 0 Å². The number of benzene rings is 1. The van der Waals surface area contributed by atoms with Gasteiger partial charge < -0.3 is 39.0 Å². The van der Waals surface area contributed by atoms with Crippen molar-refractivity contribution in [2.24, 2.45) is 23.7 Å². The minimum atomic E-state index is -1.91. The van der Waals surface area contributed by atoms with Gasteiger partial charge in [0.25, 0.3) is 0 Å². The van der Waals surface area contributed by atoms with Crippen LogP contribution >= 0.6 is 0 Å². The zero-order chi connectivity index (χ0) is 37.5. The van der Waals surface area contributed by atoms with Crippen molar-refractivity contribution in [1.82, 2.24) is 0 Å². The van der Waals surface area contributed by atoms with E-state index in [1.54, 1.807) is 25.2 Å². The molecule has 52 heavy (non-hydrogen) atoms. The maximum Gasteiger partial charge on any atom is 0.338 e. The Labute approximate surface area is 305 Å². The van der Waals surface area contributed by atoms with Crippen LogP contribution in [0, 0.1) is 29.5 Å². The van der Waals surface area contributed by atoms with Crippen molar-refractivity contribution in [3.05, 3.63) is 76.7 Å². The van der Waals surface area contributed by atoms with Crippen molar-refractivity contribution in [1.29, 1.82) is 0 Å². The monoisotopic (exact) mass is 724 g/mol. The van der Waals surface area contributed by atoms with Gasteiger partial charge >= 0.3 is 11.9 Å². The summed E-state index contributed by atoms with van der Waals surface area (Å²) in [6.45, 7) is 12.1. The summed E-state index contributed by atoms with van der Waals surface area (Å²) in [7, 11) is 0. The van der Waals surface area contributed by atoms with Gasteiger partial charge in [-0.05, 0) is 73.4 Å². The van der Waals surface area contributed by atoms with Gasteiger partial charge in [0.05, 0.1) is 30.5 Å². The molecule has 5 aliphatic rings. The van der Waals surface area contributed by atoms with E-state index in [1.807, 2.05) is 26.0 Å². The van der Waals surface area contributed by atoms with Crippen molar-refractivity contribution in [2.45, 2.75) is 128 Å². The van der Waals surface area contributed by atoms with Gasteiger partial charge in [-0.15, -0.1) is 0 Å². The molecule has 6 rings (SSSR count). The van der Waals surface area contributed by atoms with Crippen LogP contribution in [0.2, 0.25) is 0 Å². The van der Waals surface area contributed by atoms with Crippen molar-refractivity contribution in [3.63, 3.8) is 0 Å². The Morgan fingerprint density at radius 3 is 2.65 bits per heavy atom. The second-order valence-electron chi connectivity index (χ2n) is 15.6. The molecule has 0 radical (unpaired) electrons. The Balaban J connectivity index is 1.38. The molecule has 1 spiro atoms. The molecule has 3 fully saturated rings. The van der Waals surface area contributed by atoms with Crippen molar-refractivity contribution in [3.8, 4) is 5.75 Å². The largest absolute Gasteiger partial charge is 0.483 e. The Morgan fingerprint density at radius 2 is 1.92 bits per heavy atom. The topological polar surface area (TPSA) is 141 Å². The first kappa shape index (κ1) is 38.4. The smallest absolute Gasteiger partial charge is 0.338 e. The van der Waals surface area contributed by atoms with E-state index in [2.05, 4.69) is 20.8 Å². The van der Waals surface area contributed by atoms with Crippen LogP contribution < -0.4 is 4.74 Å². The number of carboxylic acids is 1. The lowest BCUT2D eigenvalue weighted by Gasteiger charge is -2.51. The third-order valence-corrected chi connectivity index (χ3v) is 11.9. The number of hydrogen-bond acceptors (Lipinski definition) is 9. The maximum atomic E-state index is 14.4. The Morgan fingerprint density at radius 1 is 1.15 bits per heavy atom. The van der Waals surface area contributed by atoms with Crippen LogP contribution in [-0.4, -0.2) is 81.9 Å². The zero-order valence-electron chi connectivity index (χ0n) is 30.9. The van der Waals surface area contributed by atoms with Crippen LogP contribution in [0.4, 0.5) is 4.39 Å². The highest BCUT2D eigenvalue weighted by Crippen LogP contribution is 2.48. The molecule has 1 aromatic carbocycles. The first-order valence-corrected chi connectivity index (χ1v) is 18.7. The molecule has 4 heterocycles. The molecular weight excluding hydrogens is 671 g/mol. The van der Waals surface area contributed by atoms with Gasteiger partial charge in [-0.1, -0.05) is 64.5 Å². The van der Waals surface area contributed by atoms with E-state index in [1.165, 1.54) is 6.07 Å². The molecule has 0 saturated carbocycles. The fourth-order valence-electron chi connectivity index (χ4n) is 8.58. The summed E-state index contributed by atoms with van der Waals surface area (Å²) in [5, 5.41) is 33.4. The molecule has 2 bridgehead atoms. The van der Waals surface area contributed by atoms with E-state index in [-0.39, 0.29) is 30.5 Å². The first-order chi connectivity index (χ1) is 24.7. The average molecular weight is 725 g/mol. The van der Waals surface area contributed by atoms with E-state index >= 15 is 0 Å². The lowest BCUT2D eigenvalue weighted by molar-refractivity contribution is -0.340. The van der Waals surface area contributed by atoms with Crippen LogP contribution in [0.3, 0.4) is 0 Å². The van der Waals surface area contributed by atoms with Gasteiger partial charge in [0.1, 0.15) is 41.4 Å². The second-order valence-corrected chi connectivity index (χ2v) is 15.6. The molecule has 0 amide bonds. The minimum absolute atomic E-state index is 0.0169. The summed E-state index contributed by atoms with van der Waals surface area (Å²) < 4.78 is 46.6. The normalized spacial score (nSPS) is 41.4. The summed E-state index contributed by atoms with van der Waals surface area (Å²) in [6, 6.07) is 3.41. The molecule has 3 N–H and O–H groups in total. The Kier molecular flexibility index (Phi) is 11.2. The first-order valence-electron chi connectivity index (χ1n) is 18.7. The average Bonchev–Trinajstić information content (AvgIpc) is 3.45. The predicted octanol–water partition coefficient (Wildman–Crippen LogP) is 6.46. The maximum absolute atomic E-state index is 14.4. The summed E-state index contributed by atoms with van der Waals surface area (Å²) >= 11 is 0. The molecule has 4 unspecified atom stereocenters. The molecule has 10 nitrogen and oxygen atoms in total. The number of aliphatic hydroxyl groups excluding tert-OH is 1. The van der Waals surface area contributed by atoms with E-state index in [0.717, 1.165) is 30.5 Å². The van der Waals surface area contributed by atoms with Crippen LogP contribution in [0.1, 0.15) is 90.4 Å². The van der Waals surface area contributed by atoms with Gasteiger partial charge in [0.15, 0.2) is 5.79 Å². The highest BCUT2D eigenvalue weighted by Gasteiger charge is 2.61. The number of hydrogen-bond donors (Lipinski definition) is 3. The van der Waals surface area contributed by atoms with E-state index in [9.17, 15) is 29.3 Å². The van der Waals surface area contributed by atoms with Crippen LogP contribution in [-0.2, 0) is 23.7 Å². The highest BCUT2D eigenvalue weighted by atomic mass is 19.1. The lowest BCUT2D eigenvalue weighted by atomic mass is 9.70. The van der Waals surface area contributed by atoms with Crippen molar-refractivity contribution >= 4 is 11.9 Å². The number of fused-ring (bicyclic) bond motifs is 2. The van der Waals surface area contributed by atoms with E-state index in [4.69, 9.17) is 23.7 Å². The number of ether oxygens (including phenoxy) is 5. The second kappa shape index (κ2) is 15.2. The number of carbonyl (C=O) groups is 2.